The highest BCUT2D eigenvalue weighted by molar-refractivity contribution is 5.94. The Kier molecular flexibility index (Phi) is 4.35. The second-order valence-corrected chi connectivity index (χ2v) is 6.82. The fourth-order valence-electron chi connectivity index (χ4n) is 3.93. The lowest BCUT2D eigenvalue weighted by Crippen LogP contribution is -2.39. The predicted octanol–water partition coefficient (Wildman–Crippen LogP) is 3.41. The fraction of sp³-hybridized carbons (Fsp3) is 0.381. The fourth-order valence-corrected chi connectivity index (χ4v) is 3.93. The molecule has 0 unspecified atom stereocenters. The molecule has 2 heterocycles. The van der Waals surface area contributed by atoms with E-state index in [4.69, 9.17) is 0 Å². The number of hydrogen-bond acceptors (Lipinski definition) is 2. The van der Waals surface area contributed by atoms with Crippen molar-refractivity contribution in [2.75, 3.05) is 24.5 Å². The van der Waals surface area contributed by atoms with Crippen molar-refractivity contribution in [3.05, 3.63) is 65.2 Å². The minimum Gasteiger partial charge on any atom is -0.312 e. The van der Waals surface area contributed by atoms with Gasteiger partial charge in [-0.2, -0.15) is 0 Å². The first kappa shape index (κ1) is 15.4. The van der Waals surface area contributed by atoms with Gasteiger partial charge in [0.05, 0.1) is 0 Å². The summed E-state index contributed by atoms with van der Waals surface area (Å²) < 4.78 is 0. The molecule has 0 bridgehead atoms. The number of hydrogen-bond donors (Lipinski definition) is 0. The molecule has 2 aliphatic heterocycles. The SMILES string of the molecule is O=C(CCN1CCc2ccccc2C1)N1CCCc2ccccc21. The largest absolute Gasteiger partial charge is 0.312 e. The number of aryl methyl sites for hydroxylation is 1. The first-order valence-corrected chi connectivity index (χ1v) is 8.99. The lowest BCUT2D eigenvalue weighted by Gasteiger charge is -2.32. The zero-order valence-corrected chi connectivity index (χ0v) is 14.1. The average Bonchev–Trinajstić information content (AvgIpc) is 2.65. The smallest absolute Gasteiger partial charge is 0.228 e. The van der Waals surface area contributed by atoms with Gasteiger partial charge in [0.2, 0.25) is 5.91 Å². The lowest BCUT2D eigenvalue weighted by atomic mass is 9.99. The van der Waals surface area contributed by atoms with Crippen molar-refractivity contribution in [2.24, 2.45) is 0 Å². The van der Waals surface area contributed by atoms with Gasteiger partial charge < -0.3 is 4.90 Å². The summed E-state index contributed by atoms with van der Waals surface area (Å²) in [5, 5.41) is 0. The van der Waals surface area contributed by atoms with E-state index in [1.54, 1.807) is 0 Å². The molecule has 3 heteroatoms. The van der Waals surface area contributed by atoms with Crippen molar-refractivity contribution >= 4 is 11.6 Å². The second kappa shape index (κ2) is 6.78. The third-order valence-electron chi connectivity index (χ3n) is 5.26. The van der Waals surface area contributed by atoms with Crippen LogP contribution in [0.4, 0.5) is 5.69 Å². The Bertz CT molecular complexity index is 740. The Morgan fingerprint density at radius 1 is 0.875 bits per heavy atom. The van der Waals surface area contributed by atoms with Gasteiger partial charge in [-0.05, 0) is 42.0 Å². The molecule has 2 aliphatic rings. The van der Waals surface area contributed by atoms with Gasteiger partial charge in [-0.25, -0.2) is 0 Å². The number of fused-ring (bicyclic) bond motifs is 2. The summed E-state index contributed by atoms with van der Waals surface area (Å²) in [6, 6.07) is 17.0. The molecule has 24 heavy (non-hydrogen) atoms. The Labute approximate surface area is 143 Å². The Morgan fingerprint density at radius 3 is 2.50 bits per heavy atom. The number of benzene rings is 2. The number of amides is 1. The summed E-state index contributed by atoms with van der Waals surface area (Å²) in [4.78, 5) is 17.2. The summed E-state index contributed by atoms with van der Waals surface area (Å²) in [5.41, 5.74) is 5.31. The lowest BCUT2D eigenvalue weighted by molar-refractivity contribution is -0.119. The van der Waals surface area contributed by atoms with E-state index in [1.807, 2.05) is 11.0 Å². The molecule has 0 aliphatic carbocycles. The van der Waals surface area contributed by atoms with Crippen LogP contribution < -0.4 is 4.90 Å². The van der Waals surface area contributed by atoms with Crippen LogP contribution in [0, 0.1) is 0 Å². The van der Waals surface area contributed by atoms with Crippen LogP contribution >= 0.6 is 0 Å². The number of carbonyl (C=O) groups is 1. The molecule has 2 aromatic rings. The van der Waals surface area contributed by atoms with Gasteiger partial charge in [-0.3, -0.25) is 9.69 Å². The molecule has 3 nitrogen and oxygen atoms in total. The molecule has 0 saturated carbocycles. The monoisotopic (exact) mass is 320 g/mol. The van der Waals surface area contributed by atoms with Crippen molar-refractivity contribution in [2.45, 2.75) is 32.2 Å². The Balaban J connectivity index is 1.38. The van der Waals surface area contributed by atoms with Gasteiger partial charge in [-0.15, -0.1) is 0 Å². The van der Waals surface area contributed by atoms with Gasteiger partial charge in [0.15, 0.2) is 0 Å². The van der Waals surface area contributed by atoms with E-state index in [0.29, 0.717) is 6.42 Å². The van der Waals surface area contributed by atoms with E-state index < -0.39 is 0 Å². The highest BCUT2D eigenvalue weighted by Crippen LogP contribution is 2.27. The third kappa shape index (κ3) is 3.09. The molecular formula is C21H24N2O. The topological polar surface area (TPSA) is 23.6 Å². The van der Waals surface area contributed by atoms with E-state index in [0.717, 1.165) is 51.1 Å². The van der Waals surface area contributed by atoms with Crippen molar-refractivity contribution in [1.29, 1.82) is 0 Å². The first-order valence-electron chi connectivity index (χ1n) is 8.99. The number of nitrogens with zero attached hydrogens (tertiary/aromatic N) is 2. The molecule has 0 radical (unpaired) electrons. The molecule has 0 spiro atoms. The summed E-state index contributed by atoms with van der Waals surface area (Å²) in [5.74, 6) is 0.265. The maximum absolute atomic E-state index is 12.7. The average molecular weight is 320 g/mol. The van der Waals surface area contributed by atoms with Crippen LogP contribution in [0.2, 0.25) is 0 Å². The number of para-hydroxylation sites is 1. The van der Waals surface area contributed by atoms with Crippen LogP contribution in [0.25, 0.3) is 0 Å². The first-order chi connectivity index (χ1) is 11.8. The molecule has 2 aromatic carbocycles. The van der Waals surface area contributed by atoms with Gasteiger partial charge in [-0.1, -0.05) is 42.5 Å². The third-order valence-corrected chi connectivity index (χ3v) is 5.26. The van der Waals surface area contributed by atoms with Crippen molar-refractivity contribution in [3.8, 4) is 0 Å². The Morgan fingerprint density at radius 2 is 1.62 bits per heavy atom. The Hall–Kier alpha value is -2.13. The predicted molar refractivity (Wildman–Crippen MR) is 97.2 cm³/mol. The molecule has 4 rings (SSSR count). The second-order valence-electron chi connectivity index (χ2n) is 6.82. The molecule has 1 amide bonds. The van der Waals surface area contributed by atoms with Crippen LogP contribution in [-0.2, 0) is 24.2 Å². The van der Waals surface area contributed by atoms with Crippen LogP contribution in [0.1, 0.15) is 29.5 Å². The van der Waals surface area contributed by atoms with E-state index >= 15 is 0 Å². The van der Waals surface area contributed by atoms with E-state index in [9.17, 15) is 4.79 Å². The van der Waals surface area contributed by atoms with Gasteiger partial charge in [0, 0.05) is 38.3 Å². The highest BCUT2D eigenvalue weighted by atomic mass is 16.2. The summed E-state index contributed by atoms with van der Waals surface area (Å²) in [7, 11) is 0. The molecule has 0 saturated heterocycles. The summed E-state index contributed by atoms with van der Waals surface area (Å²) in [6.45, 7) is 3.74. The maximum Gasteiger partial charge on any atom is 0.228 e. The molecule has 0 atom stereocenters. The van der Waals surface area contributed by atoms with E-state index in [1.165, 1.54) is 16.7 Å². The zero-order chi connectivity index (χ0) is 16.4. The van der Waals surface area contributed by atoms with E-state index in [2.05, 4.69) is 47.4 Å². The minimum atomic E-state index is 0.265. The van der Waals surface area contributed by atoms with Crippen LogP contribution in [-0.4, -0.2) is 30.4 Å². The number of anilines is 1. The molecule has 0 fully saturated rings. The maximum atomic E-state index is 12.7. The highest BCUT2D eigenvalue weighted by Gasteiger charge is 2.23. The summed E-state index contributed by atoms with van der Waals surface area (Å²) in [6.07, 6.45) is 3.86. The van der Waals surface area contributed by atoms with E-state index in [-0.39, 0.29) is 5.91 Å². The molecule has 124 valence electrons. The number of carbonyl (C=O) groups excluding carboxylic acids is 1. The van der Waals surface area contributed by atoms with Crippen LogP contribution in [0.15, 0.2) is 48.5 Å². The van der Waals surface area contributed by atoms with Crippen LogP contribution in [0.5, 0.6) is 0 Å². The van der Waals surface area contributed by atoms with Gasteiger partial charge in [0.25, 0.3) is 0 Å². The minimum absolute atomic E-state index is 0.265. The molecule has 0 N–H and O–H groups in total. The van der Waals surface area contributed by atoms with Crippen molar-refractivity contribution in [3.63, 3.8) is 0 Å². The zero-order valence-electron chi connectivity index (χ0n) is 14.1. The normalized spacial score (nSPS) is 17.2. The molecular weight excluding hydrogens is 296 g/mol. The van der Waals surface area contributed by atoms with Gasteiger partial charge in [0.1, 0.15) is 0 Å². The van der Waals surface area contributed by atoms with Gasteiger partial charge >= 0.3 is 0 Å². The standard InChI is InChI=1S/C21H24N2O/c24-21(23-13-5-9-18-7-3-4-10-20(18)23)12-15-22-14-11-17-6-1-2-8-19(17)16-22/h1-4,6-8,10H,5,9,11-16H2. The quantitative estimate of drug-likeness (QED) is 0.865. The van der Waals surface area contributed by atoms with Crippen LogP contribution in [0.3, 0.4) is 0 Å². The van der Waals surface area contributed by atoms with Crippen molar-refractivity contribution in [1.82, 2.24) is 4.90 Å². The number of rotatable bonds is 3. The molecule has 0 aromatic heterocycles. The van der Waals surface area contributed by atoms with Crippen molar-refractivity contribution < 1.29 is 4.79 Å². The summed E-state index contributed by atoms with van der Waals surface area (Å²) >= 11 is 0.